The van der Waals surface area contributed by atoms with E-state index >= 15 is 0 Å². The topological polar surface area (TPSA) is 29.5 Å². The molecule has 3 nitrogen and oxygen atoms in total. The number of fused-ring (bicyclic) bond motifs is 10. The highest BCUT2D eigenvalue weighted by Crippen LogP contribution is 2.47. The largest absolute Gasteiger partial charge is 0.455 e. The first-order valence-corrected chi connectivity index (χ1v) is 18.0. The Balaban J connectivity index is 1.15. The van der Waals surface area contributed by atoms with Gasteiger partial charge in [-0.25, -0.2) is 0 Å². The van der Waals surface area contributed by atoms with Gasteiger partial charge in [-0.15, -0.1) is 0 Å². The number of hydrogen-bond acceptors (Lipinski definition) is 3. The molecule has 3 heteroatoms. The first-order valence-electron chi connectivity index (χ1n) is 18.0. The molecule has 0 fully saturated rings. The van der Waals surface area contributed by atoms with Crippen molar-refractivity contribution in [3.8, 4) is 22.3 Å². The lowest BCUT2D eigenvalue weighted by Crippen LogP contribution is -2.11. The van der Waals surface area contributed by atoms with Gasteiger partial charge in [0.2, 0.25) is 0 Å². The van der Waals surface area contributed by atoms with E-state index in [1.807, 2.05) is 0 Å². The number of nitrogens with zero attached hydrogens (tertiary/aromatic N) is 1. The van der Waals surface area contributed by atoms with Crippen molar-refractivity contribution >= 4 is 82.5 Å². The van der Waals surface area contributed by atoms with Crippen molar-refractivity contribution in [3.05, 3.63) is 188 Å². The fourth-order valence-electron chi connectivity index (χ4n) is 8.15. The Bertz CT molecular complexity index is 3170. The fraction of sp³-hybridized carbons (Fsp3) is 0. The van der Waals surface area contributed by atoms with Gasteiger partial charge in [-0.3, -0.25) is 0 Å². The summed E-state index contributed by atoms with van der Waals surface area (Å²) in [4.78, 5) is 2.39. The second-order valence-electron chi connectivity index (χ2n) is 13.7. The van der Waals surface area contributed by atoms with Crippen molar-refractivity contribution in [2.24, 2.45) is 0 Å². The van der Waals surface area contributed by atoms with Crippen molar-refractivity contribution in [2.45, 2.75) is 0 Å². The first-order chi connectivity index (χ1) is 26.3. The Morgan fingerprint density at radius 1 is 0.340 bits per heavy atom. The van der Waals surface area contributed by atoms with E-state index in [-0.39, 0.29) is 0 Å². The molecule has 9 aromatic carbocycles. The zero-order valence-electron chi connectivity index (χ0n) is 28.7. The molecule has 11 rings (SSSR count). The molecule has 0 radical (unpaired) electrons. The molecular formula is C50H31NO2. The van der Waals surface area contributed by atoms with Gasteiger partial charge in [-0.2, -0.15) is 0 Å². The molecule has 0 aliphatic carbocycles. The lowest BCUT2D eigenvalue weighted by atomic mass is 9.98. The van der Waals surface area contributed by atoms with Gasteiger partial charge in [0, 0.05) is 38.2 Å². The molecule has 11 aromatic rings. The summed E-state index contributed by atoms with van der Waals surface area (Å²) in [6, 6.07) is 66.8. The molecule has 2 heterocycles. The second-order valence-corrected chi connectivity index (χ2v) is 13.7. The van der Waals surface area contributed by atoms with E-state index in [1.54, 1.807) is 0 Å². The Morgan fingerprint density at radius 2 is 0.943 bits per heavy atom. The summed E-state index contributed by atoms with van der Waals surface area (Å²) in [5, 5.41) is 8.97. The maximum Gasteiger partial charge on any atom is 0.143 e. The molecule has 53 heavy (non-hydrogen) atoms. The van der Waals surface area contributed by atoms with Gasteiger partial charge >= 0.3 is 0 Å². The average molecular weight is 678 g/mol. The van der Waals surface area contributed by atoms with Crippen molar-refractivity contribution < 1.29 is 8.83 Å². The van der Waals surface area contributed by atoms with Gasteiger partial charge in [-0.1, -0.05) is 133 Å². The summed E-state index contributed by atoms with van der Waals surface area (Å²) in [5.74, 6) is 0. The van der Waals surface area contributed by atoms with Crippen LogP contribution in [-0.2, 0) is 0 Å². The molecule has 0 bridgehead atoms. The SMILES string of the molecule is c1ccc(-c2ccc(N(c3ccccc3-c3ccc4oc5c6ccccc6ccc5c4c3)c3cccc4oc5c6ccccc6ccc5c34)cc2)cc1. The predicted molar refractivity (Wildman–Crippen MR) is 222 cm³/mol. The van der Waals surface area contributed by atoms with Gasteiger partial charge in [0.05, 0.1) is 16.8 Å². The van der Waals surface area contributed by atoms with Gasteiger partial charge in [0.1, 0.15) is 22.3 Å². The number of furan rings is 2. The molecule has 0 saturated heterocycles. The van der Waals surface area contributed by atoms with Gasteiger partial charge in [-0.05, 0) is 82.1 Å². The average Bonchev–Trinajstić information content (AvgIpc) is 3.81. The maximum absolute atomic E-state index is 6.69. The van der Waals surface area contributed by atoms with E-state index in [1.165, 1.54) is 16.5 Å². The van der Waals surface area contributed by atoms with Crippen LogP contribution in [0.3, 0.4) is 0 Å². The molecule has 0 spiro atoms. The summed E-state index contributed by atoms with van der Waals surface area (Å²) in [5.41, 5.74) is 11.3. The summed E-state index contributed by atoms with van der Waals surface area (Å²) in [6.07, 6.45) is 0. The molecule has 0 saturated carbocycles. The second kappa shape index (κ2) is 11.7. The molecule has 0 N–H and O–H groups in total. The van der Waals surface area contributed by atoms with Crippen LogP contribution in [0.4, 0.5) is 17.1 Å². The molecule has 0 amide bonds. The quantitative estimate of drug-likeness (QED) is 0.182. The van der Waals surface area contributed by atoms with E-state index in [0.717, 1.165) is 88.2 Å². The zero-order valence-corrected chi connectivity index (χ0v) is 28.7. The van der Waals surface area contributed by atoms with Crippen LogP contribution in [0, 0.1) is 0 Å². The summed E-state index contributed by atoms with van der Waals surface area (Å²) in [6.45, 7) is 0. The third kappa shape index (κ3) is 4.68. The maximum atomic E-state index is 6.69. The minimum Gasteiger partial charge on any atom is -0.455 e. The van der Waals surface area contributed by atoms with E-state index in [0.29, 0.717) is 0 Å². The Hall–Kier alpha value is -7.10. The van der Waals surface area contributed by atoms with E-state index in [9.17, 15) is 0 Å². The van der Waals surface area contributed by atoms with Crippen molar-refractivity contribution in [1.82, 2.24) is 0 Å². The monoisotopic (exact) mass is 677 g/mol. The molecule has 0 aliphatic heterocycles. The number of benzene rings is 9. The molecule has 0 unspecified atom stereocenters. The van der Waals surface area contributed by atoms with Crippen molar-refractivity contribution in [2.75, 3.05) is 4.90 Å². The van der Waals surface area contributed by atoms with Gasteiger partial charge in [0.25, 0.3) is 0 Å². The predicted octanol–water partition coefficient (Wildman–Crippen LogP) is 14.6. The number of hydrogen-bond donors (Lipinski definition) is 0. The van der Waals surface area contributed by atoms with E-state index in [2.05, 4.69) is 193 Å². The van der Waals surface area contributed by atoms with Gasteiger partial charge < -0.3 is 13.7 Å². The third-order valence-electron chi connectivity index (χ3n) is 10.7. The van der Waals surface area contributed by atoms with Crippen LogP contribution in [0.5, 0.6) is 0 Å². The molecule has 0 atom stereocenters. The molecule has 248 valence electrons. The normalized spacial score (nSPS) is 11.8. The fourth-order valence-corrected chi connectivity index (χ4v) is 8.15. The molecule has 2 aromatic heterocycles. The number of rotatable bonds is 5. The van der Waals surface area contributed by atoms with Crippen molar-refractivity contribution in [3.63, 3.8) is 0 Å². The highest BCUT2D eigenvalue weighted by molar-refractivity contribution is 6.20. The van der Waals surface area contributed by atoms with Crippen LogP contribution >= 0.6 is 0 Å². The highest BCUT2D eigenvalue weighted by atomic mass is 16.3. The van der Waals surface area contributed by atoms with Crippen molar-refractivity contribution in [1.29, 1.82) is 0 Å². The summed E-state index contributed by atoms with van der Waals surface area (Å²) < 4.78 is 13.2. The molecular weight excluding hydrogens is 647 g/mol. The van der Waals surface area contributed by atoms with E-state index < -0.39 is 0 Å². The first kappa shape index (κ1) is 29.6. The minimum atomic E-state index is 0.857. The Morgan fingerprint density at radius 3 is 1.74 bits per heavy atom. The van der Waals surface area contributed by atoms with Crippen LogP contribution in [0.1, 0.15) is 0 Å². The lowest BCUT2D eigenvalue weighted by Gasteiger charge is -2.28. The van der Waals surface area contributed by atoms with Gasteiger partial charge in [0.15, 0.2) is 0 Å². The minimum absolute atomic E-state index is 0.857. The summed E-state index contributed by atoms with van der Waals surface area (Å²) >= 11 is 0. The standard InChI is InChI=1S/C50H31NO2/c1-2-11-32(12-3-1)33-21-26-37(27-22-33)51(45-19-10-20-47-48(45)42-29-24-35-14-5-7-17-40(35)50(42)53-47)44-18-9-8-15-38(44)36-25-30-46-43(31-36)41-28-23-34-13-4-6-16-39(34)49(41)52-46/h1-31H. The number of para-hydroxylation sites is 1. The summed E-state index contributed by atoms with van der Waals surface area (Å²) in [7, 11) is 0. The van der Waals surface area contributed by atoms with Crippen LogP contribution in [0.25, 0.3) is 87.7 Å². The van der Waals surface area contributed by atoms with Crippen LogP contribution in [-0.4, -0.2) is 0 Å². The smallest absolute Gasteiger partial charge is 0.143 e. The third-order valence-corrected chi connectivity index (χ3v) is 10.7. The zero-order chi connectivity index (χ0) is 34.9. The molecule has 0 aliphatic rings. The van der Waals surface area contributed by atoms with Crippen LogP contribution < -0.4 is 4.90 Å². The van der Waals surface area contributed by atoms with Crippen LogP contribution in [0.15, 0.2) is 197 Å². The lowest BCUT2D eigenvalue weighted by molar-refractivity contribution is 0.672. The Kier molecular flexibility index (Phi) is 6.55. The van der Waals surface area contributed by atoms with Crippen LogP contribution in [0.2, 0.25) is 0 Å². The number of anilines is 3. The highest BCUT2D eigenvalue weighted by Gasteiger charge is 2.23. The van der Waals surface area contributed by atoms with E-state index in [4.69, 9.17) is 8.83 Å². The Labute approximate surface area is 305 Å².